The summed E-state index contributed by atoms with van der Waals surface area (Å²) in [6.07, 6.45) is 6.85. The van der Waals surface area contributed by atoms with Crippen molar-refractivity contribution >= 4 is 6.03 Å². The number of rotatable bonds is 6. The fourth-order valence-corrected chi connectivity index (χ4v) is 3.06. The lowest BCUT2D eigenvalue weighted by atomic mass is 9.98. The summed E-state index contributed by atoms with van der Waals surface area (Å²) in [7, 11) is 0. The Morgan fingerprint density at radius 1 is 1.33 bits per heavy atom. The van der Waals surface area contributed by atoms with Crippen molar-refractivity contribution in [3.05, 3.63) is 53.9 Å². The Morgan fingerprint density at radius 3 is 3.00 bits per heavy atom. The number of amides is 2. The number of benzene rings is 1. The molecule has 1 atom stereocenters. The Morgan fingerprint density at radius 2 is 2.21 bits per heavy atom. The van der Waals surface area contributed by atoms with E-state index in [9.17, 15) is 4.79 Å². The van der Waals surface area contributed by atoms with E-state index in [4.69, 9.17) is 4.74 Å². The SMILES string of the molecule is O=C(NCCOCc1ccccc1)N1CCCCC1c1cn[nH]c1. The lowest BCUT2D eigenvalue weighted by Crippen LogP contribution is -2.45. The van der Waals surface area contributed by atoms with Crippen LogP contribution < -0.4 is 5.32 Å². The number of piperidine rings is 1. The van der Waals surface area contributed by atoms with Crippen molar-refractivity contribution < 1.29 is 9.53 Å². The predicted octanol–water partition coefficient (Wildman–Crippen LogP) is 2.86. The van der Waals surface area contributed by atoms with Crippen molar-refractivity contribution in [2.45, 2.75) is 31.9 Å². The number of carbonyl (C=O) groups excluding carboxylic acids is 1. The zero-order chi connectivity index (χ0) is 16.6. The maximum atomic E-state index is 12.5. The minimum atomic E-state index is -0.0239. The average molecular weight is 328 g/mol. The number of hydrogen-bond donors (Lipinski definition) is 2. The average Bonchev–Trinajstić information content (AvgIpc) is 3.17. The van der Waals surface area contributed by atoms with Crippen molar-refractivity contribution in [2.75, 3.05) is 19.7 Å². The lowest BCUT2D eigenvalue weighted by molar-refractivity contribution is 0.116. The summed E-state index contributed by atoms with van der Waals surface area (Å²) in [5.74, 6) is 0. The second-order valence-corrected chi connectivity index (χ2v) is 6.01. The third-order valence-electron chi connectivity index (χ3n) is 4.30. The van der Waals surface area contributed by atoms with Gasteiger partial charge in [-0.05, 0) is 24.8 Å². The van der Waals surface area contributed by atoms with E-state index in [1.165, 1.54) is 0 Å². The summed E-state index contributed by atoms with van der Waals surface area (Å²) in [6, 6.07) is 10.1. The Kier molecular flexibility index (Phi) is 5.85. The van der Waals surface area contributed by atoms with Crippen LogP contribution in [0, 0.1) is 0 Å². The highest BCUT2D eigenvalue weighted by atomic mass is 16.5. The Balaban J connectivity index is 1.42. The molecule has 1 aliphatic rings. The highest BCUT2D eigenvalue weighted by Gasteiger charge is 2.28. The van der Waals surface area contributed by atoms with Gasteiger partial charge in [0, 0.05) is 24.8 Å². The molecule has 2 N–H and O–H groups in total. The highest BCUT2D eigenvalue weighted by Crippen LogP contribution is 2.30. The zero-order valence-corrected chi connectivity index (χ0v) is 13.8. The first-order valence-corrected chi connectivity index (χ1v) is 8.49. The number of ether oxygens (including phenoxy) is 1. The summed E-state index contributed by atoms with van der Waals surface area (Å²) < 4.78 is 5.61. The first-order chi connectivity index (χ1) is 11.8. The van der Waals surface area contributed by atoms with Crippen LogP contribution in [0.4, 0.5) is 4.79 Å². The topological polar surface area (TPSA) is 70.2 Å². The highest BCUT2D eigenvalue weighted by molar-refractivity contribution is 5.74. The number of nitrogens with zero attached hydrogens (tertiary/aromatic N) is 2. The van der Waals surface area contributed by atoms with E-state index in [0.29, 0.717) is 19.8 Å². The molecule has 2 amide bonds. The molecule has 2 heterocycles. The van der Waals surface area contributed by atoms with Crippen LogP contribution in [0.15, 0.2) is 42.7 Å². The van der Waals surface area contributed by atoms with Crippen molar-refractivity contribution in [3.63, 3.8) is 0 Å². The first-order valence-electron chi connectivity index (χ1n) is 8.49. The number of likely N-dealkylation sites (tertiary alicyclic amines) is 1. The van der Waals surface area contributed by atoms with Crippen LogP contribution in [0.5, 0.6) is 0 Å². The van der Waals surface area contributed by atoms with Crippen molar-refractivity contribution in [1.29, 1.82) is 0 Å². The summed E-state index contributed by atoms with van der Waals surface area (Å²) in [5.41, 5.74) is 2.21. The molecular weight excluding hydrogens is 304 g/mol. The lowest BCUT2D eigenvalue weighted by Gasteiger charge is -2.35. The van der Waals surface area contributed by atoms with Gasteiger partial charge in [0.25, 0.3) is 0 Å². The van der Waals surface area contributed by atoms with Gasteiger partial charge in [-0.1, -0.05) is 30.3 Å². The van der Waals surface area contributed by atoms with Gasteiger partial charge >= 0.3 is 6.03 Å². The van der Waals surface area contributed by atoms with Crippen LogP contribution >= 0.6 is 0 Å². The van der Waals surface area contributed by atoms with E-state index in [1.807, 2.05) is 41.4 Å². The molecule has 0 spiro atoms. The molecule has 1 aromatic carbocycles. The molecule has 0 aliphatic carbocycles. The van der Waals surface area contributed by atoms with E-state index in [2.05, 4.69) is 15.5 Å². The summed E-state index contributed by atoms with van der Waals surface area (Å²) in [6.45, 7) is 2.37. The molecule has 3 rings (SSSR count). The maximum absolute atomic E-state index is 12.5. The third kappa shape index (κ3) is 4.35. The monoisotopic (exact) mass is 328 g/mol. The fraction of sp³-hybridized carbons (Fsp3) is 0.444. The molecule has 1 saturated heterocycles. The van der Waals surface area contributed by atoms with E-state index in [1.54, 1.807) is 6.20 Å². The van der Waals surface area contributed by atoms with Crippen LogP contribution in [-0.4, -0.2) is 40.8 Å². The number of H-pyrrole nitrogens is 1. The quantitative estimate of drug-likeness (QED) is 0.801. The van der Waals surface area contributed by atoms with Crippen molar-refractivity contribution in [2.24, 2.45) is 0 Å². The molecule has 0 saturated carbocycles. The van der Waals surface area contributed by atoms with Gasteiger partial charge in [-0.3, -0.25) is 5.10 Å². The molecule has 2 aromatic rings. The number of urea groups is 1. The number of aromatic amines is 1. The van der Waals surface area contributed by atoms with Gasteiger partial charge < -0.3 is 15.0 Å². The Hall–Kier alpha value is -2.34. The van der Waals surface area contributed by atoms with E-state index < -0.39 is 0 Å². The summed E-state index contributed by atoms with van der Waals surface area (Å²) in [4.78, 5) is 14.4. The van der Waals surface area contributed by atoms with Crippen LogP contribution in [-0.2, 0) is 11.3 Å². The summed E-state index contributed by atoms with van der Waals surface area (Å²) in [5, 5.41) is 9.80. The van der Waals surface area contributed by atoms with Crippen molar-refractivity contribution in [3.8, 4) is 0 Å². The molecule has 24 heavy (non-hydrogen) atoms. The van der Waals surface area contributed by atoms with Gasteiger partial charge in [0.15, 0.2) is 0 Å². The molecule has 0 radical (unpaired) electrons. The molecule has 6 nitrogen and oxygen atoms in total. The molecule has 0 bridgehead atoms. The summed E-state index contributed by atoms with van der Waals surface area (Å²) >= 11 is 0. The first kappa shape index (κ1) is 16.5. The molecule has 1 unspecified atom stereocenters. The molecule has 128 valence electrons. The smallest absolute Gasteiger partial charge is 0.317 e. The third-order valence-corrected chi connectivity index (χ3v) is 4.30. The number of nitrogens with one attached hydrogen (secondary N) is 2. The standard InChI is InChI=1S/C18H24N4O2/c23-18(19-9-11-24-14-15-6-2-1-3-7-15)22-10-5-4-8-17(22)16-12-20-21-13-16/h1-3,6-7,12-13,17H,4-5,8-11,14H2,(H,19,23)(H,20,21). The number of carbonyl (C=O) groups is 1. The van der Waals surface area contributed by atoms with Crippen molar-refractivity contribution in [1.82, 2.24) is 20.4 Å². The molecule has 1 aliphatic heterocycles. The van der Waals surface area contributed by atoms with E-state index in [0.717, 1.165) is 36.9 Å². The van der Waals surface area contributed by atoms with Gasteiger partial charge in [0.05, 0.1) is 25.5 Å². The van der Waals surface area contributed by atoms with E-state index in [-0.39, 0.29) is 12.1 Å². The molecule has 1 aromatic heterocycles. The Labute approximate surface area is 142 Å². The number of aromatic nitrogens is 2. The molecular formula is C18H24N4O2. The van der Waals surface area contributed by atoms with Crippen LogP contribution in [0.1, 0.15) is 36.4 Å². The Bertz CT molecular complexity index is 615. The van der Waals surface area contributed by atoms with E-state index >= 15 is 0 Å². The van der Waals surface area contributed by atoms with Crippen LogP contribution in [0.2, 0.25) is 0 Å². The van der Waals surface area contributed by atoms with Crippen LogP contribution in [0.25, 0.3) is 0 Å². The second-order valence-electron chi connectivity index (χ2n) is 6.01. The largest absolute Gasteiger partial charge is 0.375 e. The maximum Gasteiger partial charge on any atom is 0.317 e. The molecule has 1 fully saturated rings. The van der Waals surface area contributed by atoms with Gasteiger partial charge in [-0.15, -0.1) is 0 Å². The minimum absolute atomic E-state index is 0.0239. The van der Waals surface area contributed by atoms with Crippen LogP contribution in [0.3, 0.4) is 0 Å². The normalized spacial score (nSPS) is 17.7. The van der Waals surface area contributed by atoms with Gasteiger partial charge in [0.2, 0.25) is 0 Å². The zero-order valence-electron chi connectivity index (χ0n) is 13.8. The number of hydrogen-bond acceptors (Lipinski definition) is 3. The predicted molar refractivity (Wildman–Crippen MR) is 91.4 cm³/mol. The molecule has 6 heteroatoms. The minimum Gasteiger partial charge on any atom is -0.375 e. The van der Waals surface area contributed by atoms with Gasteiger partial charge in [0.1, 0.15) is 0 Å². The second kappa shape index (κ2) is 8.49. The van der Waals surface area contributed by atoms with Gasteiger partial charge in [-0.2, -0.15) is 5.10 Å². The van der Waals surface area contributed by atoms with Gasteiger partial charge in [-0.25, -0.2) is 4.79 Å². The fourth-order valence-electron chi connectivity index (χ4n) is 3.06.